The lowest BCUT2D eigenvalue weighted by molar-refractivity contribution is 0.942. The molecule has 0 spiro atoms. The maximum Gasteiger partial charge on any atom is 0.0463 e. The molecule has 0 radical (unpaired) electrons. The largest absolute Gasteiger partial charge is 0.324 e. The van der Waals surface area contributed by atoms with Gasteiger partial charge in [-0.3, -0.25) is 0 Å². The predicted octanol–water partition coefficient (Wildman–Crippen LogP) is 4.89. The maximum atomic E-state index is 2.36. The number of nitrogens with zero attached hydrogens (tertiary/aromatic N) is 2. The minimum absolute atomic E-state index is 1.07. The van der Waals surface area contributed by atoms with Crippen LogP contribution in [0.5, 0.6) is 0 Å². The number of aryl methyl sites for hydroxylation is 3. The molecule has 0 N–H and O–H groups in total. The van der Waals surface area contributed by atoms with Gasteiger partial charge in [-0.15, -0.1) is 0 Å². The minimum atomic E-state index is 1.07. The minimum Gasteiger partial charge on any atom is -0.324 e. The molecule has 4 aromatic heterocycles. The monoisotopic (exact) mass is 400 g/mol. The summed E-state index contributed by atoms with van der Waals surface area (Å²) >= 11 is 2.36. The summed E-state index contributed by atoms with van der Waals surface area (Å²) in [6.45, 7) is 2.14. The Morgan fingerprint density at radius 2 is 1.64 bits per heavy atom. The van der Waals surface area contributed by atoms with Crippen LogP contribution in [0, 0.1) is 10.5 Å². The van der Waals surface area contributed by atoms with E-state index < -0.39 is 0 Å². The third kappa shape index (κ3) is 2.65. The Morgan fingerprint density at radius 3 is 2.55 bits per heavy atom. The van der Waals surface area contributed by atoms with Crippen LogP contribution in [0.2, 0.25) is 0 Å². The van der Waals surface area contributed by atoms with Crippen LogP contribution in [-0.2, 0) is 12.8 Å². The molecule has 0 saturated heterocycles. The summed E-state index contributed by atoms with van der Waals surface area (Å²) in [4.78, 5) is 0. The van der Waals surface area contributed by atoms with E-state index in [9.17, 15) is 0 Å². The zero-order valence-corrected chi connectivity index (χ0v) is 14.6. The van der Waals surface area contributed by atoms with E-state index in [-0.39, 0.29) is 0 Å². The first-order valence-corrected chi connectivity index (χ1v) is 8.59. The molecule has 110 valence electrons. The number of aromatic nitrogens is 2. The fraction of sp³-hybridized carbons (Fsp3) is 0.158. The van der Waals surface area contributed by atoms with Gasteiger partial charge in [0.2, 0.25) is 0 Å². The van der Waals surface area contributed by atoms with Gasteiger partial charge in [-0.1, -0.05) is 6.07 Å². The fourth-order valence-corrected chi connectivity index (χ4v) is 3.49. The number of rotatable bonds is 3. The molecule has 3 heteroatoms. The van der Waals surface area contributed by atoms with Crippen LogP contribution in [0.25, 0.3) is 11.0 Å². The van der Waals surface area contributed by atoms with Crippen LogP contribution in [0.4, 0.5) is 0 Å². The molecule has 2 nitrogen and oxygen atoms in total. The molecular weight excluding hydrogens is 383 g/mol. The average Bonchev–Trinajstić information content (AvgIpc) is 3.05. The van der Waals surface area contributed by atoms with E-state index >= 15 is 0 Å². The number of pyridine rings is 2. The summed E-state index contributed by atoms with van der Waals surface area (Å²) < 4.78 is 5.71. The highest BCUT2D eigenvalue weighted by molar-refractivity contribution is 14.1. The first-order chi connectivity index (χ1) is 10.7. The lowest BCUT2D eigenvalue weighted by Crippen LogP contribution is -1.92. The van der Waals surface area contributed by atoms with Gasteiger partial charge in [-0.25, -0.2) is 0 Å². The van der Waals surface area contributed by atoms with Crippen molar-refractivity contribution in [2.75, 3.05) is 0 Å². The smallest absolute Gasteiger partial charge is 0.0463 e. The molecule has 0 fully saturated rings. The van der Waals surface area contributed by atoms with Crippen molar-refractivity contribution in [3.8, 4) is 0 Å². The van der Waals surface area contributed by atoms with E-state index in [4.69, 9.17) is 0 Å². The maximum absolute atomic E-state index is 2.36. The van der Waals surface area contributed by atoms with Gasteiger partial charge in [-0.2, -0.15) is 0 Å². The van der Waals surface area contributed by atoms with Crippen molar-refractivity contribution in [3.63, 3.8) is 0 Å². The predicted molar refractivity (Wildman–Crippen MR) is 99.7 cm³/mol. The molecule has 0 saturated carbocycles. The Labute approximate surface area is 143 Å². The van der Waals surface area contributed by atoms with Crippen LogP contribution in [0.3, 0.4) is 0 Å². The van der Waals surface area contributed by atoms with Crippen molar-refractivity contribution in [1.29, 1.82) is 0 Å². The Morgan fingerprint density at radius 1 is 0.818 bits per heavy atom. The fourth-order valence-electron chi connectivity index (χ4n) is 3.01. The summed E-state index contributed by atoms with van der Waals surface area (Å²) in [5.41, 5.74) is 6.63. The SMILES string of the molecule is Cc1cc2ccc(CCc3cc4cc(I)ccn4c3)cn2c1. The normalized spacial score (nSPS) is 11.5. The lowest BCUT2D eigenvalue weighted by atomic mass is 10.1. The van der Waals surface area contributed by atoms with Crippen LogP contribution in [-0.4, -0.2) is 8.80 Å². The molecule has 0 amide bonds. The zero-order valence-electron chi connectivity index (χ0n) is 12.5. The van der Waals surface area contributed by atoms with E-state index in [0.29, 0.717) is 0 Å². The van der Waals surface area contributed by atoms with Crippen molar-refractivity contribution in [2.45, 2.75) is 19.8 Å². The van der Waals surface area contributed by atoms with Crippen LogP contribution >= 0.6 is 22.6 Å². The highest BCUT2D eigenvalue weighted by atomic mass is 127. The standard InChI is InChI=1S/C19H17IN2/c1-14-8-18-5-4-15(12-22(18)11-14)2-3-16-9-19-10-17(20)6-7-21(19)13-16/h4-13H,2-3H2,1H3. The second-order valence-corrected chi connectivity index (χ2v) is 7.16. The summed E-state index contributed by atoms with van der Waals surface area (Å²) in [5, 5.41) is 0. The lowest BCUT2D eigenvalue weighted by Gasteiger charge is -2.02. The molecule has 0 unspecified atom stereocenters. The van der Waals surface area contributed by atoms with Gasteiger partial charge in [0, 0.05) is 39.4 Å². The summed E-state index contributed by atoms with van der Waals surface area (Å²) in [6.07, 6.45) is 11.0. The molecule has 4 aromatic rings. The molecule has 0 aromatic carbocycles. The second-order valence-electron chi connectivity index (χ2n) is 5.91. The van der Waals surface area contributed by atoms with E-state index in [0.717, 1.165) is 12.8 Å². The third-order valence-corrected chi connectivity index (χ3v) is 4.78. The number of hydrogen-bond donors (Lipinski definition) is 0. The van der Waals surface area contributed by atoms with Gasteiger partial charge in [0.15, 0.2) is 0 Å². The molecule has 22 heavy (non-hydrogen) atoms. The van der Waals surface area contributed by atoms with Crippen molar-refractivity contribution < 1.29 is 0 Å². The Balaban J connectivity index is 1.56. The van der Waals surface area contributed by atoms with Crippen LogP contribution in [0.1, 0.15) is 16.7 Å². The van der Waals surface area contributed by atoms with E-state index in [1.807, 2.05) is 0 Å². The number of fused-ring (bicyclic) bond motifs is 2. The van der Waals surface area contributed by atoms with Gasteiger partial charge >= 0.3 is 0 Å². The van der Waals surface area contributed by atoms with Crippen molar-refractivity contribution >= 4 is 33.6 Å². The summed E-state index contributed by atoms with van der Waals surface area (Å²) in [7, 11) is 0. The average molecular weight is 400 g/mol. The van der Waals surface area contributed by atoms with Gasteiger partial charge in [-0.05, 0) is 89.4 Å². The molecule has 0 aliphatic rings. The molecule has 4 rings (SSSR count). The van der Waals surface area contributed by atoms with Crippen molar-refractivity contribution in [1.82, 2.24) is 8.80 Å². The first-order valence-electron chi connectivity index (χ1n) is 7.51. The quantitative estimate of drug-likeness (QED) is 0.433. The second kappa shape index (κ2) is 5.47. The zero-order chi connectivity index (χ0) is 15.1. The van der Waals surface area contributed by atoms with Gasteiger partial charge in [0.1, 0.15) is 0 Å². The van der Waals surface area contributed by atoms with Crippen molar-refractivity contribution in [2.24, 2.45) is 0 Å². The van der Waals surface area contributed by atoms with Gasteiger partial charge in [0.05, 0.1) is 0 Å². The highest BCUT2D eigenvalue weighted by Crippen LogP contribution is 2.17. The van der Waals surface area contributed by atoms with Crippen LogP contribution < -0.4 is 0 Å². The van der Waals surface area contributed by atoms with E-state index in [1.54, 1.807) is 0 Å². The number of hydrogen-bond acceptors (Lipinski definition) is 0. The molecule has 4 heterocycles. The van der Waals surface area contributed by atoms with E-state index in [1.165, 1.54) is 31.3 Å². The highest BCUT2D eigenvalue weighted by Gasteiger charge is 2.03. The molecule has 0 aliphatic heterocycles. The molecular formula is C19H17IN2. The molecule has 0 aliphatic carbocycles. The summed E-state index contributed by atoms with van der Waals surface area (Å²) in [6, 6.07) is 13.3. The first kappa shape index (κ1) is 13.9. The summed E-state index contributed by atoms with van der Waals surface area (Å²) in [5.74, 6) is 0. The molecule has 0 bridgehead atoms. The van der Waals surface area contributed by atoms with E-state index in [2.05, 4.69) is 99.5 Å². The van der Waals surface area contributed by atoms with Crippen LogP contribution in [0.15, 0.2) is 61.2 Å². The molecule has 0 atom stereocenters. The topological polar surface area (TPSA) is 8.82 Å². The van der Waals surface area contributed by atoms with Gasteiger partial charge < -0.3 is 8.80 Å². The third-order valence-electron chi connectivity index (χ3n) is 4.11. The Bertz CT molecular complexity index is 960. The van der Waals surface area contributed by atoms with Gasteiger partial charge in [0.25, 0.3) is 0 Å². The number of halogens is 1. The van der Waals surface area contributed by atoms with Crippen molar-refractivity contribution in [3.05, 3.63) is 81.4 Å². The Hall–Kier alpha value is -1.75. The Kier molecular flexibility index (Phi) is 3.45.